The van der Waals surface area contributed by atoms with Gasteiger partial charge in [0.15, 0.2) is 5.78 Å². The van der Waals surface area contributed by atoms with Crippen LogP contribution in [-0.4, -0.2) is 34.9 Å². The Balaban J connectivity index is 1.58. The molecule has 7 heteroatoms. The Hall–Kier alpha value is -2.47. The molecule has 0 bridgehead atoms. The van der Waals surface area contributed by atoms with Crippen molar-refractivity contribution >= 4 is 40.8 Å². The molecule has 6 nitrogen and oxygen atoms in total. The predicted octanol–water partition coefficient (Wildman–Crippen LogP) is 2.74. The predicted molar refractivity (Wildman–Crippen MR) is 96.6 cm³/mol. The van der Waals surface area contributed by atoms with E-state index in [1.54, 1.807) is 30.3 Å². The Kier molecular flexibility index (Phi) is 5.23. The molecule has 2 aliphatic rings. The number of fused-ring (bicyclic) bond motifs is 1. The maximum Gasteiger partial charge on any atom is 0.233 e. The van der Waals surface area contributed by atoms with Crippen LogP contribution in [0.25, 0.3) is 0 Å². The van der Waals surface area contributed by atoms with Gasteiger partial charge in [-0.3, -0.25) is 24.1 Å². The number of amides is 3. The van der Waals surface area contributed by atoms with Crippen molar-refractivity contribution in [2.75, 3.05) is 11.9 Å². The van der Waals surface area contributed by atoms with Gasteiger partial charge in [0.2, 0.25) is 17.7 Å². The van der Waals surface area contributed by atoms with Crippen molar-refractivity contribution in [1.82, 2.24) is 4.90 Å². The van der Waals surface area contributed by atoms with Crippen LogP contribution >= 0.6 is 11.6 Å². The number of nitrogens with zero attached hydrogens (tertiary/aromatic N) is 1. The Morgan fingerprint density at radius 1 is 1.23 bits per heavy atom. The maximum absolute atomic E-state index is 12.4. The van der Waals surface area contributed by atoms with Crippen LogP contribution in [0.5, 0.6) is 0 Å². The molecule has 0 radical (unpaired) electrons. The average molecular weight is 375 g/mol. The molecular weight excluding hydrogens is 356 g/mol. The number of ketones is 1. The van der Waals surface area contributed by atoms with Crippen molar-refractivity contribution in [3.8, 4) is 0 Å². The molecular formula is C19H19ClN2O4. The highest BCUT2D eigenvalue weighted by Crippen LogP contribution is 2.38. The van der Waals surface area contributed by atoms with Gasteiger partial charge in [0.05, 0.1) is 11.8 Å². The molecule has 1 aliphatic heterocycles. The van der Waals surface area contributed by atoms with E-state index >= 15 is 0 Å². The van der Waals surface area contributed by atoms with Gasteiger partial charge in [-0.15, -0.1) is 0 Å². The first-order chi connectivity index (χ1) is 12.4. The molecule has 1 fully saturated rings. The van der Waals surface area contributed by atoms with Crippen LogP contribution in [0.2, 0.25) is 0 Å². The van der Waals surface area contributed by atoms with E-state index in [1.807, 2.05) is 0 Å². The average Bonchev–Trinajstić information content (AvgIpc) is 2.83. The van der Waals surface area contributed by atoms with Crippen LogP contribution < -0.4 is 5.32 Å². The minimum Gasteiger partial charge on any atom is -0.326 e. The molecule has 1 N–H and O–H groups in total. The smallest absolute Gasteiger partial charge is 0.233 e. The lowest BCUT2D eigenvalue weighted by Crippen LogP contribution is -2.34. The largest absolute Gasteiger partial charge is 0.326 e. The summed E-state index contributed by atoms with van der Waals surface area (Å²) in [5.41, 5.74) is 1.01. The molecule has 0 aromatic heterocycles. The summed E-state index contributed by atoms with van der Waals surface area (Å²) in [4.78, 5) is 49.6. The van der Waals surface area contributed by atoms with Crippen LogP contribution in [0.1, 0.15) is 36.5 Å². The highest BCUT2D eigenvalue weighted by atomic mass is 35.5. The van der Waals surface area contributed by atoms with Crippen LogP contribution in [0.4, 0.5) is 5.69 Å². The van der Waals surface area contributed by atoms with Gasteiger partial charge in [-0.25, -0.2) is 0 Å². The quantitative estimate of drug-likeness (QED) is 0.634. The second-order valence-corrected chi connectivity index (χ2v) is 7.05. The van der Waals surface area contributed by atoms with E-state index in [9.17, 15) is 19.2 Å². The number of Topliss-reactive ketones (excluding diaryl/α,β-unsaturated/α-hetero) is 1. The SMILES string of the molecule is CC(=O)c1cccc(NC(=O)CCN2C(=O)[C@@H]3CC=C(Cl)C[C@H]3C2=O)c1. The minimum absolute atomic E-state index is 0.00236. The van der Waals surface area contributed by atoms with Crippen LogP contribution in [0.3, 0.4) is 0 Å². The zero-order chi connectivity index (χ0) is 18.8. The molecule has 3 amide bonds. The maximum atomic E-state index is 12.4. The first kappa shape index (κ1) is 18.3. The molecule has 1 heterocycles. The van der Waals surface area contributed by atoms with Crippen molar-refractivity contribution in [3.63, 3.8) is 0 Å². The molecule has 1 aromatic carbocycles. The fourth-order valence-electron chi connectivity index (χ4n) is 3.37. The number of allylic oxidation sites excluding steroid dienone is 2. The van der Waals surface area contributed by atoms with E-state index in [-0.39, 0.29) is 42.4 Å². The lowest BCUT2D eigenvalue weighted by molar-refractivity contribution is -0.140. The summed E-state index contributed by atoms with van der Waals surface area (Å²) in [6.07, 6.45) is 2.64. The van der Waals surface area contributed by atoms with E-state index in [0.29, 0.717) is 29.1 Å². The second-order valence-electron chi connectivity index (χ2n) is 6.57. The number of carbonyl (C=O) groups excluding carboxylic acids is 4. The van der Waals surface area contributed by atoms with Gasteiger partial charge < -0.3 is 5.32 Å². The van der Waals surface area contributed by atoms with E-state index in [2.05, 4.69) is 5.32 Å². The van der Waals surface area contributed by atoms with Gasteiger partial charge in [-0.2, -0.15) is 0 Å². The zero-order valence-electron chi connectivity index (χ0n) is 14.3. The number of rotatable bonds is 5. The molecule has 1 aliphatic carbocycles. The zero-order valence-corrected chi connectivity index (χ0v) is 15.1. The number of likely N-dealkylation sites (tertiary alicyclic amines) is 1. The lowest BCUT2D eigenvalue weighted by Gasteiger charge is -2.17. The standard InChI is InChI=1S/C19H19ClN2O4/c1-11(23)12-3-2-4-14(9-12)21-17(24)7-8-22-18(25)15-6-5-13(20)10-16(15)19(22)26/h2-5,9,15-16H,6-8,10H2,1H3,(H,21,24)/t15-,16-/m1/s1. The lowest BCUT2D eigenvalue weighted by atomic mass is 9.85. The van der Waals surface area contributed by atoms with E-state index < -0.39 is 5.92 Å². The molecule has 0 spiro atoms. The highest BCUT2D eigenvalue weighted by Gasteiger charge is 2.48. The number of halogens is 1. The van der Waals surface area contributed by atoms with Gasteiger partial charge >= 0.3 is 0 Å². The molecule has 3 rings (SSSR count). The number of nitrogens with one attached hydrogen (secondary N) is 1. The van der Waals surface area contributed by atoms with E-state index in [0.717, 1.165) is 0 Å². The molecule has 0 saturated carbocycles. The number of imide groups is 1. The van der Waals surface area contributed by atoms with Crippen LogP contribution in [0.15, 0.2) is 35.4 Å². The Labute approximate surface area is 156 Å². The molecule has 0 unspecified atom stereocenters. The molecule has 2 atom stereocenters. The number of benzene rings is 1. The number of hydrogen-bond donors (Lipinski definition) is 1. The van der Waals surface area contributed by atoms with Crippen molar-refractivity contribution in [1.29, 1.82) is 0 Å². The topological polar surface area (TPSA) is 83.6 Å². The summed E-state index contributed by atoms with van der Waals surface area (Å²) in [5.74, 6) is -1.67. The van der Waals surface area contributed by atoms with Crippen molar-refractivity contribution in [2.24, 2.45) is 11.8 Å². The van der Waals surface area contributed by atoms with E-state index in [4.69, 9.17) is 11.6 Å². The first-order valence-electron chi connectivity index (χ1n) is 8.47. The number of carbonyl (C=O) groups is 4. The van der Waals surface area contributed by atoms with Crippen molar-refractivity contribution in [2.45, 2.75) is 26.2 Å². The van der Waals surface area contributed by atoms with Gasteiger partial charge in [0, 0.05) is 29.2 Å². The molecule has 136 valence electrons. The highest BCUT2D eigenvalue weighted by molar-refractivity contribution is 6.30. The van der Waals surface area contributed by atoms with Crippen molar-refractivity contribution in [3.05, 3.63) is 40.9 Å². The third kappa shape index (κ3) is 3.70. The Morgan fingerprint density at radius 3 is 2.69 bits per heavy atom. The van der Waals surface area contributed by atoms with Gasteiger partial charge in [0.25, 0.3) is 0 Å². The third-order valence-corrected chi connectivity index (χ3v) is 5.08. The van der Waals surface area contributed by atoms with Crippen molar-refractivity contribution < 1.29 is 19.2 Å². The normalized spacial score (nSPS) is 22.1. The molecule has 26 heavy (non-hydrogen) atoms. The van der Waals surface area contributed by atoms with Gasteiger partial charge in [-0.05, 0) is 31.9 Å². The Morgan fingerprint density at radius 2 is 1.96 bits per heavy atom. The summed E-state index contributed by atoms with van der Waals surface area (Å²) >= 11 is 5.99. The van der Waals surface area contributed by atoms with E-state index in [1.165, 1.54) is 11.8 Å². The fourth-order valence-corrected chi connectivity index (χ4v) is 3.62. The monoisotopic (exact) mass is 374 g/mol. The minimum atomic E-state index is -0.407. The fraction of sp³-hybridized carbons (Fsp3) is 0.368. The number of anilines is 1. The first-order valence-corrected chi connectivity index (χ1v) is 8.85. The summed E-state index contributed by atoms with van der Waals surface area (Å²) in [7, 11) is 0. The molecule has 1 aromatic rings. The third-order valence-electron chi connectivity index (χ3n) is 4.78. The summed E-state index contributed by atoms with van der Waals surface area (Å²) < 4.78 is 0. The van der Waals surface area contributed by atoms with Gasteiger partial charge in [-0.1, -0.05) is 29.8 Å². The number of hydrogen-bond acceptors (Lipinski definition) is 4. The van der Waals surface area contributed by atoms with Gasteiger partial charge in [0.1, 0.15) is 0 Å². The summed E-state index contributed by atoms with van der Waals surface area (Å²) in [6.45, 7) is 1.49. The van der Waals surface area contributed by atoms with Crippen LogP contribution in [-0.2, 0) is 14.4 Å². The molecule has 1 saturated heterocycles. The Bertz CT molecular complexity index is 818. The van der Waals surface area contributed by atoms with Crippen LogP contribution in [0, 0.1) is 11.8 Å². The summed E-state index contributed by atoms with van der Waals surface area (Å²) in [6, 6.07) is 6.62. The second kappa shape index (κ2) is 7.41. The summed E-state index contributed by atoms with van der Waals surface area (Å²) in [5, 5.41) is 3.30.